The Bertz CT molecular complexity index is 1380. The van der Waals surface area contributed by atoms with E-state index in [9.17, 15) is 10.2 Å². The SMILES string of the molecule is CC(C)(C)c1cccc2cccc(O)c12.CC(C)(C)c1cccc2cccc(O)c12.[Cl-].[Cl-].[Ti]=[CH]c1ccco1. The summed E-state index contributed by atoms with van der Waals surface area (Å²) in [4.78, 5) is 0. The molecule has 206 valence electrons. The monoisotopic (exact) mass is 598 g/mol. The van der Waals surface area contributed by atoms with Crippen LogP contribution in [-0.4, -0.2) is 14.5 Å². The van der Waals surface area contributed by atoms with Crippen LogP contribution in [0.4, 0.5) is 0 Å². The van der Waals surface area contributed by atoms with E-state index in [2.05, 4.69) is 53.7 Å². The second kappa shape index (κ2) is 14.7. The van der Waals surface area contributed by atoms with Gasteiger partial charge in [-0.05, 0) is 44.9 Å². The van der Waals surface area contributed by atoms with Crippen LogP contribution in [0.5, 0.6) is 11.5 Å². The van der Waals surface area contributed by atoms with Crippen LogP contribution in [0.25, 0.3) is 21.5 Å². The van der Waals surface area contributed by atoms with Crippen LogP contribution in [0.2, 0.25) is 0 Å². The van der Waals surface area contributed by atoms with Crippen molar-refractivity contribution in [3.8, 4) is 11.5 Å². The van der Waals surface area contributed by atoms with Gasteiger partial charge < -0.3 is 35.0 Å². The van der Waals surface area contributed by atoms with Gasteiger partial charge in [0, 0.05) is 10.8 Å². The fourth-order valence-electron chi connectivity index (χ4n) is 4.27. The van der Waals surface area contributed by atoms with Crippen molar-refractivity contribution in [3.05, 3.63) is 108 Å². The number of hydrogen-bond acceptors (Lipinski definition) is 3. The number of benzene rings is 4. The summed E-state index contributed by atoms with van der Waals surface area (Å²) in [5.74, 6) is 1.68. The summed E-state index contributed by atoms with van der Waals surface area (Å²) in [5.41, 5.74) is 2.49. The maximum atomic E-state index is 9.92. The molecule has 0 saturated carbocycles. The predicted octanol–water partition coefficient (Wildman–Crippen LogP) is 2.67. The molecule has 0 radical (unpaired) electrons. The van der Waals surface area contributed by atoms with E-state index in [1.54, 1.807) is 18.4 Å². The van der Waals surface area contributed by atoms with Gasteiger partial charge in [-0.25, -0.2) is 0 Å². The number of aromatic hydroxyl groups is 2. The molecule has 1 heterocycles. The molecular formula is C33H36Cl2O3Ti-2. The average molecular weight is 599 g/mol. The van der Waals surface area contributed by atoms with E-state index in [-0.39, 0.29) is 35.6 Å². The molecule has 2 N–H and O–H groups in total. The third-order valence-electron chi connectivity index (χ3n) is 6.07. The molecule has 5 aromatic rings. The number of fused-ring (bicyclic) bond motifs is 2. The number of phenolic OH excluding ortho intramolecular Hbond substituents is 2. The molecule has 0 spiro atoms. The zero-order valence-electron chi connectivity index (χ0n) is 23.3. The molecule has 0 amide bonds. The Morgan fingerprint density at radius 1 is 0.590 bits per heavy atom. The molecule has 0 aliphatic rings. The second-order valence-electron chi connectivity index (χ2n) is 11.0. The third kappa shape index (κ3) is 8.98. The molecule has 0 aliphatic heterocycles. The molecule has 0 bridgehead atoms. The van der Waals surface area contributed by atoms with Crippen LogP contribution in [0.1, 0.15) is 58.4 Å². The molecule has 3 nitrogen and oxygen atoms in total. The zero-order chi connectivity index (χ0) is 27.2. The Morgan fingerprint density at radius 2 is 0.974 bits per heavy atom. The molecule has 0 unspecified atom stereocenters. The van der Waals surface area contributed by atoms with Gasteiger partial charge in [0.15, 0.2) is 0 Å². The second-order valence-corrected chi connectivity index (χ2v) is 11.5. The normalized spacial score (nSPS) is 10.7. The van der Waals surface area contributed by atoms with Gasteiger partial charge in [0.25, 0.3) is 0 Å². The van der Waals surface area contributed by atoms with E-state index < -0.39 is 0 Å². The van der Waals surface area contributed by atoms with E-state index in [4.69, 9.17) is 4.42 Å². The summed E-state index contributed by atoms with van der Waals surface area (Å²) < 4.78 is 6.84. The molecule has 0 atom stereocenters. The van der Waals surface area contributed by atoms with E-state index in [1.165, 1.54) is 11.1 Å². The van der Waals surface area contributed by atoms with Crippen molar-refractivity contribution in [1.29, 1.82) is 0 Å². The van der Waals surface area contributed by atoms with Crippen molar-refractivity contribution >= 4 is 25.9 Å². The molecule has 0 fully saturated rings. The minimum atomic E-state index is 0. The van der Waals surface area contributed by atoms with Crippen LogP contribution in [-0.2, 0) is 30.8 Å². The first kappa shape index (κ1) is 34.5. The zero-order valence-corrected chi connectivity index (χ0v) is 26.4. The summed E-state index contributed by atoms with van der Waals surface area (Å²) in [5, 5.41) is 24.0. The van der Waals surface area contributed by atoms with Crippen LogP contribution in [0.15, 0.2) is 95.6 Å². The molecule has 6 heteroatoms. The Morgan fingerprint density at radius 3 is 1.26 bits per heavy atom. The van der Waals surface area contributed by atoms with Gasteiger partial charge in [-0.15, -0.1) is 0 Å². The van der Waals surface area contributed by atoms with Crippen LogP contribution < -0.4 is 24.8 Å². The molecule has 0 saturated heterocycles. The minimum absolute atomic E-state index is 0. The predicted molar refractivity (Wildman–Crippen MR) is 152 cm³/mol. The first-order valence-corrected chi connectivity index (χ1v) is 13.3. The standard InChI is InChI=1S/2C14H16O.C5H4O.2ClH.Ti/c2*1-14(2,3)11-8-4-6-10-7-5-9-12(15)13(10)11;1-5-3-2-4-6-5;;;/h2*4-9,15H,1-3H3;1-4H;2*1H;/p-2. The summed E-state index contributed by atoms with van der Waals surface area (Å²) in [6.07, 6.45) is 1.66. The van der Waals surface area contributed by atoms with Crippen molar-refractivity contribution in [1.82, 2.24) is 0 Å². The summed E-state index contributed by atoms with van der Waals surface area (Å²) in [7, 11) is 0. The van der Waals surface area contributed by atoms with E-state index in [0.29, 0.717) is 11.5 Å². The number of furan rings is 1. The summed E-state index contributed by atoms with van der Waals surface area (Å²) in [6.45, 7) is 13.0. The fourth-order valence-corrected chi connectivity index (χ4v) is 4.52. The van der Waals surface area contributed by atoms with Crippen molar-refractivity contribution in [2.24, 2.45) is 0 Å². The van der Waals surface area contributed by atoms with Gasteiger partial charge in [-0.1, -0.05) is 102 Å². The number of phenols is 2. The van der Waals surface area contributed by atoms with Crippen molar-refractivity contribution in [2.45, 2.75) is 52.4 Å². The van der Waals surface area contributed by atoms with Gasteiger partial charge in [0.1, 0.15) is 11.5 Å². The Hall–Kier alpha value is -2.56. The van der Waals surface area contributed by atoms with Crippen molar-refractivity contribution < 1.29 is 59.4 Å². The van der Waals surface area contributed by atoms with Crippen LogP contribution in [0.3, 0.4) is 0 Å². The number of hydrogen-bond donors (Lipinski definition) is 2. The van der Waals surface area contributed by atoms with Gasteiger partial charge in [-0.2, -0.15) is 0 Å². The number of halogens is 2. The molecule has 4 aromatic carbocycles. The van der Waals surface area contributed by atoms with Crippen molar-refractivity contribution in [2.75, 3.05) is 0 Å². The third-order valence-corrected chi connectivity index (χ3v) is 6.51. The molecule has 5 rings (SSSR count). The Labute approximate surface area is 256 Å². The number of rotatable bonds is 1. The first-order valence-electron chi connectivity index (χ1n) is 12.4. The van der Waals surface area contributed by atoms with Crippen LogP contribution >= 0.6 is 0 Å². The van der Waals surface area contributed by atoms with E-state index in [0.717, 1.165) is 27.3 Å². The van der Waals surface area contributed by atoms with E-state index in [1.807, 2.05) is 84.9 Å². The Balaban J connectivity index is 0.000000303. The maximum absolute atomic E-state index is 9.92. The fraction of sp³-hybridized carbons (Fsp3) is 0.242. The molecule has 0 aliphatic carbocycles. The van der Waals surface area contributed by atoms with E-state index >= 15 is 0 Å². The Kier molecular flexibility index (Phi) is 13.0. The average Bonchev–Trinajstić information content (AvgIpc) is 3.38. The quantitative estimate of drug-likeness (QED) is 0.292. The van der Waals surface area contributed by atoms with Gasteiger partial charge in [0.2, 0.25) is 0 Å². The van der Waals surface area contributed by atoms with Crippen LogP contribution in [0, 0.1) is 0 Å². The van der Waals surface area contributed by atoms with Crippen molar-refractivity contribution in [3.63, 3.8) is 0 Å². The molecular weight excluding hydrogens is 563 g/mol. The first-order chi connectivity index (χ1) is 17.4. The summed E-state index contributed by atoms with van der Waals surface area (Å²) in [6, 6.07) is 27.4. The molecule has 1 aromatic heterocycles. The summed E-state index contributed by atoms with van der Waals surface area (Å²) >= 11 is 1.94. The van der Waals surface area contributed by atoms with Gasteiger partial charge in [-0.3, -0.25) is 0 Å². The molecule has 39 heavy (non-hydrogen) atoms. The van der Waals surface area contributed by atoms with Gasteiger partial charge in [0.05, 0.1) is 0 Å². The topological polar surface area (TPSA) is 53.6 Å². The van der Waals surface area contributed by atoms with Gasteiger partial charge >= 0.3 is 52.9 Å².